The van der Waals surface area contributed by atoms with Crippen LogP contribution in [0, 0.1) is 0 Å². The van der Waals surface area contributed by atoms with Crippen molar-refractivity contribution >= 4 is 15.7 Å². The highest BCUT2D eigenvalue weighted by molar-refractivity contribution is 7.92. The summed E-state index contributed by atoms with van der Waals surface area (Å²) < 4.78 is 37.5. The van der Waals surface area contributed by atoms with Gasteiger partial charge in [-0.3, -0.25) is 4.72 Å². The third-order valence-electron chi connectivity index (χ3n) is 2.96. The largest absolute Gasteiger partial charge is 0.490 e. The van der Waals surface area contributed by atoms with Crippen LogP contribution in [0.15, 0.2) is 24.3 Å². The number of benzene rings is 1. The Bertz CT molecular complexity index is 527. The lowest BCUT2D eigenvalue weighted by atomic mass is 10.3. The Morgan fingerprint density at radius 2 is 2.20 bits per heavy atom. The summed E-state index contributed by atoms with van der Waals surface area (Å²) in [6.45, 7) is 1.35. The second-order valence-electron chi connectivity index (χ2n) is 4.65. The van der Waals surface area contributed by atoms with E-state index < -0.39 is 10.0 Å². The molecule has 0 amide bonds. The molecule has 1 saturated heterocycles. The summed E-state index contributed by atoms with van der Waals surface area (Å²) in [5.74, 6) is 0.451. The van der Waals surface area contributed by atoms with Crippen molar-refractivity contribution in [3.8, 4) is 5.75 Å². The first-order valence-electron chi connectivity index (χ1n) is 6.65. The molecule has 0 aliphatic carbocycles. The van der Waals surface area contributed by atoms with Gasteiger partial charge < -0.3 is 15.2 Å². The van der Waals surface area contributed by atoms with Crippen molar-refractivity contribution in [3.63, 3.8) is 0 Å². The minimum Gasteiger partial charge on any atom is -0.490 e. The van der Waals surface area contributed by atoms with E-state index in [2.05, 4.69) is 4.72 Å². The molecule has 0 saturated carbocycles. The van der Waals surface area contributed by atoms with Crippen LogP contribution in [0.2, 0.25) is 0 Å². The maximum Gasteiger partial charge on any atom is 0.235 e. The Morgan fingerprint density at radius 1 is 1.40 bits per heavy atom. The minimum absolute atomic E-state index is 0.0295. The van der Waals surface area contributed by atoms with E-state index in [9.17, 15) is 8.42 Å². The Kier molecular flexibility index (Phi) is 5.22. The lowest BCUT2D eigenvalue weighted by Crippen LogP contribution is -2.26. The fraction of sp³-hybridized carbons (Fsp3) is 0.538. The van der Waals surface area contributed by atoms with Gasteiger partial charge in [0.25, 0.3) is 0 Å². The van der Waals surface area contributed by atoms with Crippen molar-refractivity contribution < 1.29 is 17.9 Å². The molecule has 0 radical (unpaired) electrons. The van der Waals surface area contributed by atoms with Crippen molar-refractivity contribution in [2.45, 2.75) is 18.9 Å². The molecule has 6 nitrogen and oxygen atoms in total. The van der Waals surface area contributed by atoms with Crippen molar-refractivity contribution in [2.75, 3.05) is 30.2 Å². The van der Waals surface area contributed by atoms with Gasteiger partial charge in [0.1, 0.15) is 12.4 Å². The molecule has 2 rings (SSSR count). The summed E-state index contributed by atoms with van der Waals surface area (Å²) >= 11 is 0. The van der Waals surface area contributed by atoms with Gasteiger partial charge >= 0.3 is 0 Å². The van der Waals surface area contributed by atoms with Crippen molar-refractivity contribution in [1.82, 2.24) is 0 Å². The maximum atomic E-state index is 12.1. The molecule has 0 bridgehead atoms. The zero-order valence-corrected chi connectivity index (χ0v) is 12.1. The third-order valence-corrected chi connectivity index (χ3v) is 4.30. The number of hydrogen-bond donors (Lipinski definition) is 2. The number of anilines is 1. The minimum atomic E-state index is -3.45. The topological polar surface area (TPSA) is 90.6 Å². The van der Waals surface area contributed by atoms with Gasteiger partial charge in [0.05, 0.1) is 17.5 Å². The smallest absolute Gasteiger partial charge is 0.235 e. The Hall–Kier alpha value is -1.31. The van der Waals surface area contributed by atoms with Gasteiger partial charge in [-0.2, -0.15) is 0 Å². The Labute approximate surface area is 119 Å². The molecule has 1 unspecified atom stereocenters. The van der Waals surface area contributed by atoms with Crippen molar-refractivity contribution in [2.24, 2.45) is 5.73 Å². The van der Waals surface area contributed by atoms with Crippen LogP contribution in [0.25, 0.3) is 0 Å². The number of hydrogen-bond acceptors (Lipinski definition) is 5. The molecule has 1 aromatic carbocycles. The quantitative estimate of drug-likeness (QED) is 0.782. The Morgan fingerprint density at radius 3 is 2.90 bits per heavy atom. The van der Waals surface area contributed by atoms with Crippen LogP contribution in [0.3, 0.4) is 0 Å². The highest BCUT2D eigenvalue weighted by Gasteiger charge is 2.24. The van der Waals surface area contributed by atoms with Crippen LogP contribution in [-0.4, -0.2) is 40.0 Å². The van der Waals surface area contributed by atoms with E-state index in [0.717, 1.165) is 12.8 Å². The van der Waals surface area contributed by atoms with Crippen LogP contribution < -0.4 is 15.2 Å². The summed E-state index contributed by atoms with van der Waals surface area (Å²) in [5.41, 5.74) is 5.81. The number of sulfonamides is 1. The molecule has 1 aliphatic heterocycles. The number of ether oxygens (including phenoxy) is 2. The first-order chi connectivity index (χ1) is 9.61. The normalized spacial score (nSPS) is 18.9. The summed E-state index contributed by atoms with van der Waals surface area (Å²) in [4.78, 5) is 0. The molecule has 1 heterocycles. The maximum absolute atomic E-state index is 12.1. The molecular formula is C13H20N2O4S. The van der Waals surface area contributed by atoms with E-state index in [1.165, 1.54) is 0 Å². The number of rotatable bonds is 7. The van der Waals surface area contributed by atoms with E-state index in [4.69, 9.17) is 15.2 Å². The summed E-state index contributed by atoms with van der Waals surface area (Å²) in [6, 6.07) is 6.90. The standard InChI is InChI=1S/C13H20N2O4S/c14-7-9-19-13-6-2-1-5-12(13)15-20(16,17)10-11-4-3-8-18-11/h1-2,5-6,11,15H,3-4,7-10,14H2. The molecule has 1 aromatic rings. The molecule has 112 valence electrons. The number of nitrogens with one attached hydrogen (secondary N) is 1. The SMILES string of the molecule is NCCOc1ccccc1NS(=O)(=O)CC1CCCO1. The predicted molar refractivity (Wildman–Crippen MR) is 77.4 cm³/mol. The molecule has 0 aromatic heterocycles. The van der Waals surface area contributed by atoms with Gasteiger partial charge in [-0.25, -0.2) is 8.42 Å². The van der Waals surface area contributed by atoms with Gasteiger partial charge in [0.2, 0.25) is 10.0 Å². The number of para-hydroxylation sites is 2. The van der Waals surface area contributed by atoms with Crippen LogP contribution >= 0.6 is 0 Å². The molecule has 1 atom stereocenters. The van der Waals surface area contributed by atoms with Crippen molar-refractivity contribution in [3.05, 3.63) is 24.3 Å². The molecule has 7 heteroatoms. The van der Waals surface area contributed by atoms with E-state index in [0.29, 0.717) is 31.2 Å². The van der Waals surface area contributed by atoms with Gasteiger partial charge in [-0.05, 0) is 25.0 Å². The fourth-order valence-electron chi connectivity index (χ4n) is 2.08. The second kappa shape index (κ2) is 6.92. The first-order valence-corrected chi connectivity index (χ1v) is 8.30. The van der Waals surface area contributed by atoms with Crippen molar-refractivity contribution in [1.29, 1.82) is 0 Å². The van der Waals surface area contributed by atoms with E-state index in [1.807, 2.05) is 0 Å². The van der Waals surface area contributed by atoms with Crippen LogP contribution in [0.1, 0.15) is 12.8 Å². The lowest BCUT2D eigenvalue weighted by molar-refractivity contribution is 0.127. The molecule has 20 heavy (non-hydrogen) atoms. The average Bonchev–Trinajstić information content (AvgIpc) is 2.89. The number of nitrogens with two attached hydrogens (primary N) is 1. The van der Waals surface area contributed by atoms with Gasteiger partial charge in [-0.1, -0.05) is 12.1 Å². The van der Waals surface area contributed by atoms with E-state index >= 15 is 0 Å². The molecule has 3 N–H and O–H groups in total. The molecular weight excluding hydrogens is 280 g/mol. The summed E-state index contributed by atoms with van der Waals surface area (Å²) in [7, 11) is -3.45. The van der Waals surface area contributed by atoms with Gasteiger partial charge in [0, 0.05) is 13.2 Å². The first kappa shape index (κ1) is 15.1. The van der Waals surface area contributed by atoms with E-state index in [-0.39, 0.29) is 11.9 Å². The molecule has 1 aliphatic rings. The Balaban J connectivity index is 2.04. The zero-order chi connectivity index (χ0) is 14.4. The average molecular weight is 300 g/mol. The van der Waals surface area contributed by atoms with Crippen LogP contribution in [0.5, 0.6) is 5.75 Å². The highest BCUT2D eigenvalue weighted by Crippen LogP contribution is 2.25. The van der Waals surface area contributed by atoms with E-state index in [1.54, 1.807) is 24.3 Å². The zero-order valence-electron chi connectivity index (χ0n) is 11.2. The monoisotopic (exact) mass is 300 g/mol. The molecule has 0 spiro atoms. The lowest BCUT2D eigenvalue weighted by Gasteiger charge is -2.15. The van der Waals surface area contributed by atoms with Gasteiger partial charge in [-0.15, -0.1) is 0 Å². The van der Waals surface area contributed by atoms with Gasteiger partial charge in [0.15, 0.2) is 0 Å². The summed E-state index contributed by atoms with van der Waals surface area (Å²) in [5, 5.41) is 0. The van der Waals surface area contributed by atoms with Crippen LogP contribution in [0.4, 0.5) is 5.69 Å². The summed E-state index contributed by atoms with van der Waals surface area (Å²) in [6.07, 6.45) is 1.48. The predicted octanol–water partition coefficient (Wildman–Crippen LogP) is 0.945. The second-order valence-corrected chi connectivity index (χ2v) is 6.42. The van der Waals surface area contributed by atoms with Crippen LogP contribution in [-0.2, 0) is 14.8 Å². The highest BCUT2D eigenvalue weighted by atomic mass is 32.2. The third kappa shape index (κ3) is 4.36. The fourth-order valence-corrected chi connectivity index (χ4v) is 3.41. The molecule has 1 fully saturated rings.